The highest BCUT2D eigenvalue weighted by Gasteiger charge is 2.26. The standard InChI is InChI=1S/C38H74O4/c1-7-35(36(8-2)38(40)42-32-26-24-28-34(5)6)29-21-19-17-15-13-11-9-10-12-14-16-18-20-22-30-37(39)41-31-25-23-27-33(3)4/h33-36H,7-32H2,1-6H3. The van der Waals surface area contributed by atoms with E-state index in [-0.39, 0.29) is 17.9 Å². The Morgan fingerprint density at radius 3 is 1.31 bits per heavy atom. The molecule has 0 saturated heterocycles. The third-order valence-corrected chi connectivity index (χ3v) is 8.90. The molecule has 0 aromatic rings. The first-order valence-corrected chi connectivity index (χ1v) is 18.6. The van der Waals surface area contributed by atoms with Crippen LogP contribution in [-0.4, -0.2) is 25.2 Å². The van der Waals surface area contributed by atoms with Crippen LogP contribution in [0.1, 0.15) is 196 Å². The van der Waals surface area contributed by atoms with Crippen molar-refractivity contribution in [3.63, 3.8) is 0 Å². The minimum absolute atomic E-state index is 0.00463. The molecule has 250 valence electrons. The van der Waals surface area contributed by atoms with Crippen LogP contribution in [0.25, 0.3) is 0 Å². The van der Waals surface area contributed by atoms with Gasteiger partial charge in [-0.3, -0.25) is 9.59 Å². The maximum Gasteiger partial charge on any atom is 0.309 e. The second-order valence-corrected chi connectivity index (χ2v) is 13.8. The second kappa shape index (κ2) is 30.0. The van der Waals surface area contributed by atoms with E-state index in [1.807, 2.05) is 0 Å². The molecule has 0 aromatic heterocycles. The van der Waals surface area contributed by atoms with Crippen LogP contribution in [0.5, 0.6) is 0 Å². The zero-order chi connectivity index (χ0) is 31.3. The molecule has 0 aliphatic carbocycles. The molecule has 0 rings (SSSR count). The molecule has 0 heterocycles. The van der Waals surface area contributed by atoms with Gasteiger partial charge in [0.2, 0.25) is 0 Å². The van der Waals surface area contributed by atoms with Gasteiger partial charge in [0, 0.05) is 6.42 Å². The van der Waals surface area contributed by atoms with Crippen molar-refractivity contribution in [1.82, 2.24) is 0 Å². The number of carbonyl (C=O) groups excluding carboxylic acids is 2. The summed E-state index contributed by atoms with van der Waals surface area (Å²) >= 11 is 0. The predicted octanol–water partition coefficient (Wildman–Crippen LogP) is 12.0. The summed E-state index contributed by atoms with van der Waals surface area (Å²) < 4.78 is 11.0. The Morgan fingerprint density at radius 1 is 0.476 bits per heavy atom. The summed E-state index contributed by atoms with van der Waals surface area (Å²) in [5.41, 5.74) is 0. The number of carbonyl (C=O) groups is 2. The number of hydrogen-bond acceptors (Lipinski definition) is 4. The number of unbranched alkanes of at least 4 members (excludes halogenated alkanes) is 15. The quantitative estimate of drug-likeness (QED) is 0.0591. The van der Waals surface area contributed by atoms with Crippen LogP contribution in [0.4, 0.5) is 0 Å². The zero-order valence-electron chi connectivity index (χ0n) is 29.3. The van der Waals surface area contributed by atoms with Gasteiger partial charge >= 0.3 is 11.9 Å². The van der Waals surface area contributed by atoms with Gasteiger partial charge < -0.3 is 9.47 Å². The molecule has 0 aromatic carbocycles. The predicted molar refractivity (Wildman–Crippen MR) is 181 cm³/mol. The fourth-order valence-electron chi connectivity index (χ4n) is 6.03. The SMILES string of the molecule is CCC(CCCCCCCCCCCCCCCCC(=O)OCCCCC(C)C)C(CC)C(=O)OCCCCC(C)C. The van der Waals surface area contributed by atoms with Crippen LogP contribution in [0, 0.1) is 23.7 Å². The summed E-state index contributed by atoms with van der Waals surface area (Å²) in [6.45, 7) is 14.5. The van der Waals surface area contributed by atoms with Crippen LogP contribution in [0.3, 0.4) is 0 Å². The lowest BCUT2D eigenvalue weighted by Crippen LogP contribution is -2.25. The summed E-state index contributed by atoms with van der Waals surface area (Å²) in [4.78, 5) is 24.5. The number of rotatable bonds is 31. The number of hydrogen-bond donors (Lipinski definition) is 0. The summed E-state index contributed by atoms with van der Waals surface area (Å²) in [6, 6.07) is 0. The smallest absolute Gasteiger partial charge is 0.309 e. The van der Waals surface area contributed by atoms with Gasteiger partial charge in [-0.15, -0.1) is 0 Å². The van der Waals surface area contributed by atoms with E-state index in [0.717, 1.165) is 63.2 Å². The molecule has 0 aliphatic heterocycles. The molecule has 0 bridgehead atoms. The molecule has 2 atom stereocenters. The Kier molecular flexibility index (Phi) is 29.2. The Labute approximate surface area is 263 Å². The topological polar surface area (TPSA) is 52.6 Å². The van der Waals surface area contributed by atoms with Crippen LogP contribution in [-0.2, 0) is 19.1 Å². The average molecular weight is 595 g/mol. The molecule has 0 saturated carbocycles. The lowest BCUT2D eigenvalue weighted by Gasteiger charge is -2.24. The third kappa shape index (κ3) is 26.6. The fraction of sp³-hybridized carbons (Fsp3) is 0.947. The van der Waals surface area contributed by atoms with Gasteiger partial charge in [0.1, 0.15) is 0 Å². The minimum Gasteiger partial charge on any atom is -0.466 e. The van der Waals surface area contributed by atoms with Gasteiger partial charge in [-0.05, 0) is 62.7 Å². The number of esters is 2. The largest absolute Gasteiger partial charge is 0.466 e. The lowest BCUT2D eigenvalue weighted by molar-refractivity contribution is -0.151. The second-order valence-electron chi connectivity index (χ2n) is 13.8. The highest BCUT2D eigenvalue weighted by Crippen LogP contribution is 2.27. The van der Waals surface area contributed by atoms with Gasteiger partial charge in [0.25, 0.3) is 0 Å². The van der Waals surface area contributed by atoms with Crippen molar-refractivity contribution in [2.24, 2.45) is 23.7 Å². The first kappa shape index (κ1) is 40.9. The van der Waals surface area contributed by atoms with Crippen molar-refractivity contribution in [1.29, 1.82) is 0 Å². The molecule has 0 amide bonds. The lowest BCUT2D eigenvalue weighted by atomic mass is 9.84. The Morgan fingerprint density at radius 2 is 0.881 bits per heavy atom. The zero-order valence-corrected chi connectivity index (χ0v) is 29.3. The van der Waals surface area contributed by atoms with E-state index < -0.39 is 0 Å². The average Bonchev–Trinajstić information content (AvgIpc) is 2.95. The molecule has 0 N–H and O–H groups in total. The van der Waals surface area contributed by atoms with E-state index in [2.05, 4.69) is 41.5 Å². The summed E-state index contributed by atoms with van der Waals surface area (Å²) in [5.74, 6) is 2.07. The van der Waals surface area contributed by atoms with Crippen molar-refractivity contribution >= 4 is 11.9 Å². The normalized spacial score (nSPS) is 13.0. The Hall–Kier alpha value is -1.06. The van der Waals surface area contributed by atoms with Gasteiger partial charge in [0.05, 0.1) is 19.1 Å². The van der Waals surface area contributed by atoms with Gasteiger partial charge in [-0.25, -0.2) is 0 Å². The summed E-state index contributed by atoms with van der Waals surface area (Å²) in [7, 11) is 0. The van der Waals surface area contributed by atoms with E-state index in [9.17, 15) is 9.59 Å². The molecule has 0 aliphatic rings. The first-order valence-electron chi connectivity index (χ1n) is 18.6. The van der Waals surface area contributed by atoms with Gasteiger partial charge in [-0.1, -0.05) is 144 Å². The van der Waals surface area contributed by atoms with Crippen molar-refractivity contribution in [3.8, 4) is 0 Å². The highest BCUT2D eigenvalue weighted by atomic mass is 16.5. The highest BCUT2D eigenvalue weighted by molar-refractivity contribution is 5.72. The molecule has 4 heteroatoms. The molecule has 0 radical (unpaired) electrons. The molecular formula is C38H74O4. The van der Waals surface area contributed by atoms with Crippen LogP contribution < -0.4 is 0 Å². The Bertz CT molecular complexity index is 600. The van der Waals surface area contributed by atoms with Crippen molar-refractivity contribution in [2.75, 3.05) is 13.2 Å². The molecule has 0 fully saturated rings. The van der Waals surface area contributed by atoms with E-state index in [4.69, 9.17) is 9.47 Å². The van der Waals surface area contributed by atoms with Gasteiger partial charge in [-0.2, -0.15) is 0 Å². The van der Waals surface area contributed by atoms with Gasteiger partial charge in [0.15, 0.2) is 0 Å². The van der Waals surface area contributed by atoms with Crippen LogP contribution in [0.2, 0.25) is 0 Å². The van der Waals surface area contributed by atoms with Crippen molar-refractivity contribution in [2.45, 2.75) is 196 Å². The molecule has 0 spiro atoms. The van der Waals surface area contributed by atoms with E-state index in [1.54, 1.807) is 0 Å². The number of ether oxygens (including phenoxy) is 2. The van der Waals surface area contributed by atoms with Crippen LogP contribution in [0.15, 0.2) is 0 Å². The van der Waals surface area contributed by atoms with Crippen LogP contribution >= 0.6 is 0 Å². The van der Waals surface area contributed by atoms with E-state index in [0.29, 0.717) is 25.6 Å². The molecule has 42 heavy (non-hydrogen) atoms. The molecule has 4 nitrogen and oxygen atoms in total. The maximum atomic E-state index is 12.7. The minimum atomic E-state index is -0.00463. The van der Waals surface area contributed by atoms with Crippen molar-refractivity contribution < 1.29 is 19.1 Å². The summed E-state index contributed by atoms with van der Waals surface area (Å²) in [6.07, 6.45) is 28.6. The Balaban J connectivity index is 3.57. The fourth-order valence-corrected chi connectivity index (χ4v) is 6.03. The summed E-state index contributed by atoms with van der Waals surface area (Å²) in [5, 5.41) is 0. The molecule has 2 unspecified atom stereocenters. The monoisotopic (exact) mass is 595 g/mol. The van der Waals surface area contributed by atoms with Crippen molar-refractivity contribution in [3.05, 3.63) is 0 Å². The first-order chi connectivity index (χ1) is 20.3. The van der Waals surface area contributed by atoms with E-state index in [1.165, 1.54) is 96.3 Å². The maximum absolute atomic E-state index is 12.7. The van der Waals surface area contributed by atoms with E-state index >= 15 is 0 Å². The molecular weight excluding hydrogens is 520 g/mol. The third-order valence-electron chi connectivity index (χ3n) is 8.90.